The topological polar surface area (TPSA) is 54.5 Å². The van der Waals surface area contributed by atoms with Crippen molar-refractivity contribution in [2.45, 2.75) is 70.9 Å². The first kappa shape index (κ1) is 24.4. The van der Waals surface area contributed by atoms with Gasteiger partial charge in [0.15, 0.2) is 5.78 Å². The molecule has 3 aromatic rings. The lowest BCUT2D eigenvalue weighted by Crippen LogP contribution is -2.48. The number of aryl methyl sites for hydroxylation is 5. The highest BCUT2D eigenvalue weighted by Gasteiger charge is 2.40. The van der Waals surface area contributed by atoms with E-state index in [1.165, 1.54) is 9.87 Å². The molecule has 5 heteroatoms. The van der Waals surface area contributed by atoms with Crippen molar-refractivity contribution in [3.63, 3.8) is 0 Å². The fourth-order valence-electron chi connectivity index (χ4n) is 5.16. The molecular weight excluding hydrogens is 442 g/mol. The van der Waals surface area contributed by atoms with Crippen LogP contribution in [0, 0.1) is 20.8 Å². The van der Waals surface area contributed by atoms with E-state index >= 15 is 0 Å². The fraction of sp³-hybridized carbons (Fsp3) is 0.345. The Kier molecular flexibility index (Phi) is 7.06. The van der Waals surface area contributed by atoms with Crippen LogP contribution < -0.4 is 0 Å². The molecule has 0 radical (unpaired) electrons. The average Bonchev–Trinajstić information content (AvgIpc) is 2.81. The van der Waals surface area contributed by atoms with Gasteiger partial charge in [-0.2, -0.15) is 4.31 Å². The fourth-order valence-corrected chi connectivity index (χ4v) is 7.16. The van der Waals surface area contributed by atoms with Gasteiger partial charge in [-0.25, -0.2) is 8.42 Å². The first-order valence-electron chi connectivity index (χ1n) is 12.0. The zero-order valence-electron chi connectivity index (χ0n) is 20.5. The number of hydrogen-bond donors (Lipinski definition) is 0. The van der Waals surface area contributed by atoms with Crippen molar-refractivity contribution < 1.29 is 13.2 Å². The predicted octanol–water partition coefficient (Wildman–Crippen LogP) is 5.49. The first-order valence-corrected chi connectivity index (χ1v) is 13.4. The van der Waals surface area contributed by atoms with E-state index in [1.54, 1.807) is 0 Å². The minimum Gasteiger partial charge on any atom is -0.298 e. The van der Waals surface area contributed by atoms with Crippen molar-refractivity contribution >= 4 is 15.8 Å². The molecule has 1 aliphatic rings. The van der Waals surface area contributed by atoms with Gasteiger partial charge in [0.2, 0.25) is 10.0 Å². The van der Waals surface area contributed by atoms with Crippen LogP contribution in [0.15, 0.2) is 65.6 Å². The van der Waals surface area contributed by atoms with Crippen molar-refractivity contribution in [2.75, 3.05) is 0 Å². The van der Waals surface area contributed by atoms with Crippen LogP contribution in [0.4, 0.5) is 0 Å². The molecule has 34 heavy (non-hydrogen) atoms. The van der Waals surface area contributed by atoms with Crippen LogP contribution >= 0.6 is 0 Å². The molecule has 4 nitrogen and oxygen atoms in total. The van der Waals surface area contributed by atoms with Gasteiger partial charge >= 0.3 is 0 Å². The summed E-state index contributed by atoms with van der Waals surface area (Å²) < 4.78 is 29.4. The summed E-state index contributed by atoms with van der Waals surface area (Å²) in [7, 11) is -3.86. The largest absolute Gasteiger partial charge is 0.298 e. The molecule has 0 fully saturated rings. The monoisotopic (exact) mass is 475 g/mol. The van der Waals surface area contributed by atoms with Gasteiger partial charge < -0.3 is 0 Å². The molecule has 0 amide bonds. The molecule has 0 N–H and O–H groups in total. The van der Waals surface area contributed by atoms with Gasteiger partial charge in [0.05, 0.1) is 10.9 Å². The summed E-state index contributed by atoms with van der Waals surface area (Å²) in [5, 5.41) is 0. The van der Waals surface area contributed by atoms with Crippen LogP contribution in [0.1, 0.15) is 52.3 Å². The molecule has 0 aromatic heterocycles. The average molecular weight is 476 g/mol. The number of fused-ring (bicyclic) bond motifs is 1. The molecule has 3 aromatic carbocycles. The molecule has 1 heterocycles. The second kappa shape index (κ2) is 9.85. The van der Waals surface area contributed by atoms with Crippen LogP contribution in [-0.4, -0.2) is 24.5 Å². The maximum Gasteiger partial charge on any atom is 0.244 e. The Labute approximate surface area is 203 Å². The summed E-state index contributed by atoms with van der Waals surface area (Å²) in [5.74, 6) is -0.0256. The SMILES string of the molecule is CCc1cccc(CCC(=O)C2Cc3ccccc3CN2S(=O)(=O)c2c(C)cc(C)cc2C)c1. The van der Waals surface area contributed by atoms with Crippen molar-refractivity contribution in [1.82, 2.24) is 4.31 Å². The zero-order chi connectivity index (χ0) is 24.5. The van der Waals surface area contributed by atoms with Crippen LogP contribution in [0.25, 0.3) is 0 Å². The number of hydrogen-bond acceptors (Lipinski definition) is 3. The number of nitrogens with zero attached hydrogens (tertiary/aromatic N) is 1. The second-order valence-electron chi connectivity index (χ2n) is 9.41. The van der Waals surface area contributed by atoms with Gasteiger partial charge in [-0.3, -0.25) is 4.79 Å². The van der Waals surface area contributed by atoms with Crippen molar-refractivity contribution in [2.24, 2.45) is 0 Å². The predicted molar refractivity (Wildman–Crippen MR) is 136 cm³/mol. The number of Topliss-reactive ketones (excluding diaryl/α,β-unsaturated/α-hetero) is 1. The zero-order valence-corrected chi connectivity index (χ0v) is 21.3. The first-order chi connectivity index (χ1) is 16.2. The van der Waals surface area contributed by atoms with E-state index in [1.807, 2.05) is 69.3 Å². The maximum atomic E-state index is 14.0. The van der Waals surface area contributed by atoms with Crippen molar-refractivity contribution in [3.8, 4) is 0 Å². The molecule has 1 unspecified atom stereocenters. The second-order valence-corrected chi connectivity index (χ2v) is 11.2. The van der Waals surface area contributed by atoms with Crippen LogP contribution in [0.2, 0.25) is 0 Å². The van der Waals surface area contributed by atoms with Gasteiger partial charge in [-0.05, 0) is 73.4 Å². The van der Waals surface area contributed by atoms with E-state index in [0.29, 0.717) is 24.2 Å². The number of carbonyl (C=O) groups excluding carboxylic acids is 1. The minimum atomic E-state index is -3.86. The van der Waals surface area contributed by atoms with Gasteiger partial charge in [0.1, 0.15) is 0 Å². The standard InChI is InChI=1S/C29H33NO3S/c1-5-23-9-8-10-24(17-23)13-14-28(31)27-18-25-11-6-7-12-26(25)19-30(27)34(32,33)29-21(3)15-20(2)16-22(29)4/h6-12,15-17,27H,5,13-14,18-19H2,1-4H3. The molecule has 0 aliphatic carbocycles. The molecule has 0 spiro atoms. The van der Waals surface area contributed by atoms with Crippen LogP contribution in [0.3, 0.4) is 0 Å². The van der Waals surface area contributed by atoms with E-state index in [0.717, 1.165) is 39.8 Å². The summed E-state index contributed by atoms with van der Waals surface area (Å²) in [6, 6.07) is 19.2. The minimum absolute atomic E-state index is 0.0256. The lowest BCUT2D eigenvalue weighted by Gasteiger charge is -2.36. The van der Waals surface area contributed by atoms with Crippen LogP contribution in [-0.2, 0) is 40.6 Å². The molecular formula is C29H33NO3S. The molecule has 0 saturated heterocycles. The Morgan fingerprint density at radius 2 is 1.56 bits per heavy atom. The quantitative estimate of drug-likeness (QED) is 0.454. The molecule has 0 bridgehead atoms. The Hall–Kier alpha value is -2.76. The maximum absolute atomic E-state index is 14.0. The number of carbonyl (C=O) groups is 1. The summed E-state index contributed by atoms with van der Waals surface area (Å²) in [6.07, 6.45) is 2.29. The lowest BCUT2D eigenvalue weighted by molar-refractivity contribution is -0.123. The molecule has 178 valence electrons. The van der Waals surface area contributed by atoms with E-state index in [-0.39, 0.29) is 12.3 Å². The molecule has 0 saturated carbocycles. The normalized spacial score (nSPS) is 16.3. The van der Waals surface area contributed by atoms with Gasteiger partial charge in [-0.1, -0.05) is 73.2 Å². The van der Waals surface area contributed by atoms with Gasteiger partial charge in [0.25, 0.3) is 0 Å². The summed E-state index contributed by atoms with van der Waals surface area (Å²) >= 11 is 0. The van der Waals surface area contributed by atoms with E-state index in [9.17, 15) is 13.2 Å². The molecule has 1 atom stereocenters. The van der Waals surface area contributed by atoms with E-state index in [4.69, 9.17) is 0 Å². The highest BCUT2D eigenvalue weighted by Crippen LogP contribution is 2.33. The summed E-state index contributed by atoms with van der Waals surface area (Å²) in [6.45, 7) is 7.96. The van der Waals surface area contributed by atoms with Crippen molar-refractivity contribution in [1.29, 1.82) is 0 Å². The van der Waals surface area contributed by atoms with Crippen LogP contribution in [0.5, 0.6) is 0 Å². The van der Waals surface area contributed by atoms with E-state index < -0.39 is 16.1 Å². The van der Waals surface area contributed by atoms with Crippen molar-refractivity contribution in [3.05, 3.63) is 99.6 Å². The number of sulfonamides is 1. The Morgan fingerprint density at radius 1 is 0.912 bits per heavy atom. The number of rotatable bonds is 7. The molecule has 4 rings (SSSR count). The number of ketones is 1. The Morgan fingerprint density at radius 3 is 2.24 bits per heavy atom. The van der Waals surface area contributed by atoms with Gasteiger partial charge in [0, 0.05) is 13.0 Å². The third kappa shape index (κ3) is 4.86. The van der Waals surface area contributed by atoms with Gasteiger partial charge in [-0.15, -0.1) is 0 Å². The Balaban J connectivity index is 1.68. The Bertz CT molecular complexity index is 1300. The molecule has 1 aliphatic heterocycles. The summed E-state index contributed by atoms with van der Waals surface area (Å²) in [4.78, 5) is 13.9. The lowest BCUT2D eigenvalue weighted by atomic mass is 9.91. The highest BCUT2D eigenvalue weighted by molar-refractivity contribution is 7.89. The highest BCUT2D eigenvalue weighted by atomic mass is 32.2. The van der Waals surface area contributed by atoms with E-state index in [2.05, 4.69) is 19.1 Å². The smallest absolute Gasteiger partial charge is 0.244 e. The third-order valence-corrected chi connectivity index (χ3v) is 8.97. The summed E-state index contributed by atoms with van der Waals surface area (Å²) in [5.41, 5.74) is 6.85. The third-order valence-electron chi connectivity index (χ3n) is 6.81. The number of benzene rings is 3.